The molecular formula is C22H17F3N2O. The second kappa shape index (κ2) is 7.11. The molecule has 142 valence electrons. The Morgan fingerprint density at radius 3 is 2.61 bits per heavy atom. The average Bonchev–Trinajstić information content (AvgIpc) is 3.12. The highest BCUT2D eigenvalue weighted by atomic mass is 19.4. The maximum Gasteiger partial charge on any atom is 0.416 e. The summed E-state index contributed by atoms with van der Waals surface area (Å²) >= 11 is 0. The monoisotopic (exact) mass is 382 g/mol. The molecule has 1 aliphatic rings. The molecule has 0 amide bonds. The van der Waals surface area contributed by atoms with E-state index in [1.54, 1.807) is 18.3 Å². The number of hydrogen-bond donors (Lipinski definition) is 0. The highest BCUT2D eigenvalue weighted by Gasteiger charge is 2.30. The number of pyridine rings is 1. The maximum atomic E-state index is 12.9. The van der Waals surface area contributed by atoms with Gasteiger partial charge >= 0.3 is 6.18 Å². The summed E-state index contributed by atoms with van der Waals surface area (Å²) in [4.78, 5) is 17.7. The number of alkyl halides is 3. The normalized spacial score (nSPS) is 13.5. The summed E-state index contributed by atoms with van der Waals surface area (Å²) < 4.78 is 38.8. The molecule has 3 nitrogen and oxygen atoms in total. The van der Waals surface area contributed by atoms with Gasteiger partial charge in [-0.25, -0.2) is 4.98 Å². The van der Waals surface area contributed by atoms with Gasteiger partial charge in [-0.05, 0) is 53.8 Å². The van der Waals surface area contributed by atoms with Crippen LogP contribution in [-0.4, -0.2) is 17.8 Å². The van der Waals surface area contributed by atoms with Crippen LogP contribution in [0.3, 0.4) is 0 Å². The number of carbonyl (C=O) groups excluding carboxylic acids is 1. The van der Waals surface area contributed by atoms with E-state index in [1.807, 2.05) is 29.2 Å². The third-order valence-corrected chi connectivity index (χ3v) is 4.94. The predicted molar refractivity (Wildman–Crippen MR) is 101 cm³/mol. The quantitative estimate of drug-likeness (QED) is 0.582. The van der Waals surface area contributed by atoms with Crippen molar-refractivity contribution in [2.24, 2.45) is 0 Å². The fourth-order valence-corrected chi connectivity index (χ4v) is 3.62. The molecule has 3 aromatic rings. The SMILES string of the molecule is O=Cc1cccc2c1CCN2c1cc(Cc2cccc(C(F)(F)F)c2)ccn1. The lowest BCUT2D eigenvalue weighted by atomic mass is 10.0. The Kier molecular flexibility index (Phi) is 4.63. The van der Waals surface area contributed by atoms with Crippen molar-refractivity contribution in [2.75, 3.05) is 11.4 Å². The number of carbonyl (C=O) groups is 1. The van der Waals surface area contributed by atoms with Gasteiger partial charge in [-0.2, -0.15) is 13.2 Å². The minimum Gasteiger partial charge on any atom is -0.326 e. The minimum atomic E-state index is -4.35. The lowest BCUT2D eigenvalue weighted by Gasteiger charge is -2.19. The summed E-state index contributed by atoms with van der Waals surface area (Å²) in [5, 5.41) is 0. The molecule has 0 atom stereocenters. The highest BCUT2D eigenvalue weighted by Crippen LogP contribution is 2.35. The van der Waals surface area contributed by atoms with Gasteiger partial charge in [0.05, 0.1) is 5.56 Å². The van der Waals surface area contributed by atoms with E-state index in [0.29, 0.717) is 24.1 Å². The van der Waals surface area contributed by atoms with E-state index in [4.69, 9.17) is 0 Å². The molecule has 2 heterocycles. The Bertz CT molecular complexity index is 1030. The van der Waals surface area contributed by atoms with Gasteiger partial charge < -0.3 is 4.90 Å². The van der Waals surface area contributed by atoms with Crippen LogP contribution < -0.4 is 4.90 Å². The van der Waals surface area contributed by atoms with Crippen LogP contribution in [0.2, 0.25) is 0 Å². The number of aromatic nitrogens is 1. The van der Waals surface area contributed by atoms with Gasteiger partial charge in [-0.3, -0.25) is 4.79 Å². The summed E-state index contributed by atoms with van der Waals surface area (Å²) in [6.07, 6.45) is -0.688. The first kappa shape index (κ1) is 18.2. The number of rotatable bonds is 4. The smallest absolute Gasteiger partial charge is 0.326 e. The Hall–Kier alpha value is -3.15. The lowest BCUT2D eigenvalue weighted by molar-refractivity contribution is -0.137. The molecule has 0 saturated heterocycles. The third kappa shape index (κ3) is 3.50. The van der Waals surface area contributed by atoms with Gasteiger partial charge in [0.15, 0.2) is 0 Å². The number of anilines is 2. The number of nitrogens with zero attached hydrogens (tertiary/aromatic N) is 2. The first-order valence-electron chi connectivity index (χ1n) is 8.91. The first-order valence-corrected chi connectivity index (χ1v) is 8.91. The van der Waals surface area contributed by atoms with Crippen molar-refractivity contribution in [1.29, 1.82) is 0 Å². The topological polar surface area (TPSA) is 33.2 Å². The molecule has 0 radical (unpaired) electrons. The molecule has 2 aromatic carbocycles. The van der Waals surface area contributed by atoms with E-state index in [2.05, 4.69) is 4.98 Å². The van der Waals surface area contributed by atoms with E-state index < -0.39 is 11.7 Å². The number of benzene rings is 2. The van der Waals surface area contributed by atoms with Gasteiger partial charge in [0, 0.05) is 24.0 Å². The van der Waals surface area contributed by atoms with Crippen LogP contribution in [-0.2, 0) is 19.0 Å². The summed E-state index contributed by atoms with van der Waals surface area (Å²) in [5.41, 5.74) is 3.46. The maximum absolute atomic E-state index is 12.9. The molecule has 0 unspecified atom stereocenters. The van der Waals surface area contributed by atoms with E-state index in [9.17, 15) is 18.0 Å². The molecule has 1 aromatic heterocycles. The number of halogens is 3. The first-order chi connectivity index (χ1) is 13.5. The molecule has 0 N–H and O–H groups in total. The molecule has 0 fully saturated rings. The molecule has 0 aliphatic carbocycles. The van der Waals surface area contributed by atoms with Crippen LogP contribution in [0.15, 0.2) is 60.8 Å². The molecule has 6 heteroatoms. The largest absolute Gasteiger partial charge is 0.416 e. The van der Waals surface area contributed by atoms with Gasteiger partial charge in [0.2, 0.25) is 0 Å². The standard InChI is InChI=1S/C22H17F3N2O/c23-22(24,25)18-5-1-3-15(12-18)11-16-7-9-26-21(13-16)27-10-8-19-17(14-28)4-2-6-20(19)27/h1-7,9,12-14H,8,10-11H2. The Balaban J connectivity index is 1.62. The second-order valence-electron chi connectivity index (χ2n) is 6.76. The van der Waals surface area contributed by atoms with Gasteiger partial charge in [-0.15, -0.1) is 0 Å². The summed E-state index contributed by atoms with van der Waals surface area (Å²) in [5.74, 6) is 0.728. The van der Waals surface area contributed by atoms with Crippen molar-refractivity contribution in [2.45, 2.75) is 19.0 Å². The number of hydrogen-bond acceptors (Lipinski definition) is 3. The predicted octanol–water partition coefficient (Wildman–Crippen LogP) is 5.20. The van der Waals surface area contributed by atoms with Gasteiger partial charge in [0.25, 0.3) is 0 Å². The third-order valence-electron chi connectivity index (χ3n) is 4.94. The van der Waals surface area contributed by atoms with Gasteiger partial charge in [-0.1, -0.05) is 30.3 Å². The van der Waals surface area contributed by atoms with Crippen LogP contribution in [0, 0.1) is 0 Å². The van der Waals surface area contributed by atoms with Crippen LogP contribution >= 0.6 is 0 Å². The Morgan fingerprint density at radius 2 is 1.82 bits per heavy atom. The number of fused-ring (bicyclic) bond motifs is 1. The zero-order valence-electron chi connectivity index (χ0n) is 14.9. The average molecular weight is 382 g/mol. The van der Waals surface area contributed by atoms with E-state index in [-0.39, 0.29) is 0 Å². The van der Waals surface area contributed by atoms with Crippen LogP contribution in [0.5, 0.6) is 0 Å². The molecular weight excluding hydrogens is 365 g/mol. The molecule has 4 rings (SSSR count). The lowest BCUT2D eigenvalue weighted by Crippen LogP contribution is -2.15. The minimum absolute atomic E-state index is 0.383. The molecule has 1 aliphatic heterocycles. The van der Waals surface area contributed by atoms with Crippen LogP contribution in [0.1, 0.15) is 32.6 Å². The number of aldehydes is 1. The van der Waals surface area contributed by atoms with E-state index in [0.717, 1.165) is 41.4 Å². The Morgan fingerprint density at radius 1 is 1.04 bits per heavy atom. The molecule has 28 heavy (non-hydrogen) atoms. The molecule has 0 saturated carbocycles. The van der Waals surface area contributed by atoms with Gasteiger partial charge in [0.1, 0.15) is 12.1 Å². The summed E-state index contributed by atoms with van der Waals surface area (Å²) in [6, 6.07) is 14.7. The van der Waals surface area contributed by atoms with Crippen molar-refractivity contribution >= 4 is 17.8 Å². The Labute approximate surface area is 160 Å². The van der Waals surface area contributed by atoms with Crippen molar-refractivity contribution in [3.8, 4) is 0 Å². The second-order valence-corrected chi connectivity index (χ2v) is 6.76. The van der Waals surface area contributed by atoms with Crippen molar-refractivity contribution < 1.29 is 18.0 Å². The fraction of sp³-hybridized carbons (Fsp3) is 0.182. The fourth-order valence-electron chi connectivity index (χ4n) is 3.62. The van der Waals surface area contributed by atoms with Crippen molar-refractivity contribution in [1.82, 2.24) is 4.98 Å². The molecule has 0 spiro atoms. The zero-order chi connectivity index (χ0) is 19.7. The van der Waals surface area contributed by atoms with E-state index >= 15 is 0 Å². The van der Waals surface area contributed by atoms with E-state index in [1.165, 1.54) is 12.1 Å². The van der Waals surface area contributed by atoms with Crippen LogP contribution in [0.25, 0.3) is 0 Å². The van der Waals surface area contributed by atoms with Crippen molar-refractivity contribution in [3.63, 3.8) is 0 Å². The summed E-state index contributed by atoms with van der Waals surface area (Å²) in [7, 11) is 0. The summed E-state index contributed by atoms with van der Waals surface area (Å²) in [6.45, 7) is 0.709. The highest BCUT2D eigenvalue weighted by molar-refractivity contribution is 5.83. The van der Waals surface area contributed by atoms with Crippen molar-refractivity contribution in [3.05, 3.63) is 88.6 Å². The molecule has 0 bridgehead atoms. The zero-order valence-corrected chi connectivity index (χ0v) is 14.9. The van der Waals surface area contributed by atoms with Crippen LogP contribution in [0.4, 0.5) is 24.7 Å².